The van der Waals surface area contributed by atoms with E-state index in [9.17, 15) is 29.1 Å². The van der Waals surface area contributed by atoms with E-state index in [2.05, 4.69) is 31.6 Å². The van der Waals surface area contributed by atoms with Crippen molar-refractivity contribution in [2.24, 2.45) is 17.4 Å². The Morgan fingerprint density at radius 1 is 0.811 bits per heavy atom. The molecule has 5 atom stereocenters. The molecule has 0 saturated carbocycles. The van der Waals surface area contributed by atoms with Crippen molar-refractivity contribution in [3.05, 3.63) is 71.9 Å². The SMILES string of the molecule is CSCC[C@H](NC(=O)[C@H](Cc1c[nH]c2ccccc12)NC(=O)[C@@H](N)CC(C)C)C(=O)N[C@@H](CCCNC(=N)N)C(=O)N[C@@H](Cc1ccccc1)C(=O)O. The van der Waals surface area contributed by atoms with Crippen molar-refractivity contribution >= 4 is 58.2 Å². The van der Waals surface area contributed by atoms with Crippen LogP contribution in [0.4, 0.5) is 0 Å². The number of thioether (sulfide) groups is 1. The molecule has 288 valence electrons. The van der Waals surface area contributed by atoms with Crippen LogP contribution in [0.5, 0.6) is 0 Å². The summed E-state index contributed by atoms with van der Waals surface area (Å²) in [6.45, 7) is 4.11. The van der Waals surface area contributed by atoms with Crippen molar-refractivity contribution in [3.63, 3.8) is 0 Å². The molecular formula is C37H53N9O6S. The summed E-state index contributed by atoms with van der Waals surface area (Å²) in [7, 11) is 0. The van der Waals surface area contributed by atoms with Gasteiger partial charge >= 0.3 is 5.97 Å². The van der Waals surface area contributed by atoms with Crippen LogP contribution in [-0.2, 0) is 36.8 Å². The molecule has 3 rings (SSSR count). The maximum atomic E-state index is 14.0. The maximum Gasteiger partial charge on any atom is 0.326 e. The van der Waals surface area contributed by atoms with Gasteiger partial charge in [-0.2, -0.15) is 11.8 Å². The third-order valence-electron chi connectivity index (χ3n) is 8.55. The van der Waals surface area contributed by atoms with Crippen LogP contribution in [0, 0.1) is 11.3 Å². The van der Waals surface area contributed by atoms with Gasteiger partial charge in [-0.15, -0.1) is 0 Å². The quantitative estimate of drug-likeness (QED) is 0.0401. The first-order valence-electron chi connectivity index (χ1n) is 17.6. The summed E-state index contributed by atoms with van der Waals surface area (Å²) in [4.78, 5) is 70.0. The molecule has 4 amide bonds. The third-order valence-corrected chi connectivity index (χ3v) is 9.20. The molecule has 1 aromatic heterocycles. The number of fused-ring (bicyclic) bond motifs is 1. The van der Waals surface area contributed by atoms with Gasteiger partial charge in [0.15, 0.2) is 5.96 Å². The smallest absolute Gasteiger partial charge is 0.326 e. The number of aromatic amines is 1. The van der Waals surface area contributed by atoms with Crippen LogP contribution in [-0.4, -0.2) is 94.4 Å². The van der Waals surface area contributed by atoms with Gasteiger partial charge in [-0.25, -0.2) is 4.79 Å². The molecule has 0 bridgehead atoms. The second-order valence-corrected chi connectivity index (χ2v) is 14.3. The summed E-state index contributed by atoms with van der Waals surface area (Å²) in [6.07, 6.45) is 4.73. The minimum Gasteiger partial charge on any atom is -0.480 e. The number of rotatable bonds is 22. The zero-order chi connectivity index (χ0) is 38.9. The maximum absolute atomic E-state index is 14.0. The number of carbonyl (C=O) groups excluding carboxylic acids is 4. The molecule has 2 aromatic carbocycles. The molecule has 15 nitrogen and oxygen atoms in total. The number of carboxylic acids is 1. The number of nitrogens with two attached hydrogens (primary N) is 2. The molecule has 12 N–H and O–H groups in total. The number of nitrogens with one attached hydrogen (secondary N) is 7. The lowest BCUT2D eigenvalue weighted by atomic mass is 10.0. The Morgan fingerprint density at radius 2 is 1.40 bits per heavy atom. The van der Waals surface area contributed by atoms with E-state index in [-0.39, 0.29) is 44.1 Å². The van der Waals surface area contributed by atoms with E-state index in [1.807, 2.05) is 44.4 Å². The van der Waals surface area contributed by atoms with Crippen LogP contribution in [0.15, 0.2) is 60.8 Å². The largest absolute Gasteiger partial charge is 0.480 e. The second kappa shape index (κ2) is 21.4. The first-order chi connectivity index (χ1) is 25.3. The highest BCUT2D eigenvalue weighted by atomic mass is 32.2. The fourth-order valence-corrected chi connectivity index (χ4v) is 6.26. The molecule has 0 aliphatic carbocycles. The molecule has 0 unspecified atom stereocenters. The van der Waals surface area contributed by atoms with E-state index in [1.54, 1.807) is 36.5 Å². The molecule has 0 aliphatic rings. The highest BCUT2D eigenvalue weighted by Gasteiger charge is 2.32. The number of aliphatic carboxylic acids is 1. The van der Waals surface area contributed by atoms with Crippen molar-refractivity contribution in [1.29, 1.82) is 5.41 Å². The number of hydrogen-bond acceptors (Lipinski definition) is 8. The summed E-state index contributed by atoms with van der Waals surface area (Å²) >= 11 is 1.46. The molecule has 0 aliphatic heterocycles. The van der Waals surface area contributed by atoms with E-state index in [0.717, 1.165) is 16.5 Å². The summed E-state index contributed by atoms with van der Waals surface area (Å²) in [5.74, 6) is -3.36. The van der Waals surface area contributed by atoms with Crippen molar-refractivity contribution in [1.82, 2.24) is 31.6 Å². The Kier molecular flexibility index (Phi) is 17.1. The van der Waals surface area contributed by atoms with Gasteiger partial charge in [0.05, 0.1) is 6.04 Å². The fourth-order valence-electron chi connectivity index (χ4n) is 5.79. The number of H-pyrrole nitrogens is 1. The van der Waals surface area contributed by atoms with Gasteiger partial charge in [-0.3, -0.25) is 24.6 Å². The summed E-state index contributed by atoms with van der Waals surface area (Å²) in [6, 6.07) is 10.9. The number of aromatic nitrogens is 1. The standard InChI is InChI=1S/C37H53N9O6S/c1-22(2)18-26(38)32(47)45-30(20-24-21-42-27-13-8-7-12-25(24)27)35(50)44-29(15-17-53-3)34(49)43-28(14-9-16-41-37(39)40)33(48)46-31(36(51)52)19-23-10-5-4-6-11-23/h4-8,10-13,21-22,26,28-31,42H,9,14-20,38H2,1-3H3,(H,43,49)(H,44,50)(H,45,47)(H,46,48)(H,51,52)(H4,39,40,41)/t26-,28-,29-,30-,31-/m0/s1. The van der Waals surface area contributed by atoms with Crippen molar-refractivity contribution in [2.75, 3.05) is 18.6 Å². The topological polar surface area (TPSA) is 257 Å². The predicted octanol–water partition coefficient (Wildman–Crippen LogP) is 1.37. The average molecular weight is 752 g/mol. The van der Waals surface area contributed by atoms with Gasteiger partial charge in [-0.05, 0) is 60.8 Å². The minimum absolute atomic E-state index is 0.0191. The van der Waals surface area contributed by atoms with Crippen molar-refractivity contribution < 1.29 is 29.1 Å². The van der Waals surface area contributed by atoms with Crippen LogP contribution in [0.1, 0.15) is 50.7 Å². The third kappa shape index (κ3) is 14.1. The molecule has 3 aromatic rings. The van der Waals surface area contributed by atoms with E-state index in [0.29, 0.717) is 24.2 Å². The number of guanidine groups is 1. The highest BCUT2D eigenvalue weighted by Crippen LogP contribution is 2.20. The lowest BCUT2D eigenvalue weighted by Crippen LogP contribution is -2.59. The number of hydrogen-bond donors (Lipinski definition) is 10. The van der Waals surface area contributed by atoms with Gasteiger partial charge in [0.1, 0.15) is 24.2 Å². The van der Waals surface area contributed by atoms with Crippen LogP contribution in [0.2, 0.25) is 0 Å². The number of para-hydroxylation sites is 1. The normalized spacial score (nSPS) is 14.0. The van der Waals surface area contributed by atoms with E-state index >= 15 is 0 Å². The summed E-state index contributed by atoms with van der Waals surface area (Å²) in [5.41, 5.74) is 13.9. The molecule has 1 heterocycles. The fraction of sp³-hybridized carbons (Fsp3) is 0.459. The van der Waals surface area contributed by atoms with E-state index < -0.39 is 59.8 Å². The lowest BCUT2D eigenvalue weighted by Gasteiger charge is -2.27. The summed E-state index contributed by atoms with van der Waals surface area (Å²) < 4.78 is 0. The van der Waals surface area contributed by atoms with Gasteiger partial charge in [-0.1, -0.05) is 62.4 Å². The number of amides is 4. The molecular weight excluding hydrogens is 699 g/mol. The van der Waals surface area contributed by atoms with E-state index in [1.165, 1.54) is 11.8 Å². The monoisotopic (exact) mass is 751 g/mol. The summed E-state index contributed by atoms with van der Waals surface area (Å²) in [5, 5.41) is 31.7. The molecule has 53 heavy (non-hydrogen) atoms. The molecule has 16 heteroatoms. The van der Waals surface area contributed by atoms with Gasteiger partial charge in [0, 0.05) is 36.5 Å². The lowest BCUT2D eigenvalue weighted by molar-refractivity contribution is -0.142. The molecule has 0 radical (unpaired) electrons. The van der Waals surface area contributed by atoms with Crippen LogP contribution < -0.4 is 38.1 Å². The minimum atomic E-state index is -1.28. The zero-order valence-electron chi connectivity index (χ0n) is 30.4. The highest BCUT2D eigenvalue weighted by molar-refractivity contribution is 7.98. The Morgan fingerprint density at radius 3 is 2.02 bits per heavy atom. The molecule has 0 saturated heterocycles. The van der Waals surface area contributed by atoms with Crippen molar-refractivity contribution in [2.45, 2.75) is 82.6 Å². The predicted molar refractivity (Wildman–Crippen MR) is 207 cm³/mol. The van der Waals surface area contributed by atoms with Gasteiger partial charge in [0.25, 0.3) is 0 Å². The van der Waals surface area contributed by atoms with Gasteiger partial charge < -0.3 is 48.1 Å². The van der Waals surface area contributed by atoms with E-state index in [4.69, 9.17) is 16.9 Å². The molecule has 0 spiro atoms. The number of benzene rings is 2. The average Bonchev–Trinajstić information content (AvgIpc) is 3.52. The Hall–Kier alpha value is -5.09. The van der Waals surface area contributed by atoms with Crippen LogP contribution in [0.3, 0.4) is 0 Å². The number of carboxylic acid groups (broad SMARTS) is 1. The zero-order valence-corrected chi connectivity index (χ0v) is 31.3. The first kappa shape index (κ1) is 42.3. The van der Waals surface area contributed by atoms with Crippen LogP contribution in [0.25, 0.3) is 10.9 Å². The molecule has 0 fully saturated rings. The van der Waals surface area contributed by atoms with Gasteiger partial charge in [0.2, 0.25) is 23.6 Å². The number of carbonyl (C=O) groups is 5. The Balaban J connectivity index is 1.84. The second-order valence-electron chi connectivity index (χ2n) is 13.3. The Bertz CT molecular complexity index is 1690. The van der Waals surface area contributed by atoms with Crippen LogP contribution >= 0.6 is 11.8 Å². The first-order valence-corrected chi connectivity index (χ1v) is 19.0. The Labute approximate surface area is 314 Å². The van der Waals surface area contributed by atoms with Crippen molar-refractivity contribution in [3.8, 4) is 0 Å².